The Labute approximate surface area is 119 Å². The van der Waals surface area contributed by atoms with Gasteiger partial charge in [-0.15, -0.1) is 6.58 Å². The number of nitrogens with zero attached hydrogens (tertiary/aromatic N) is 4. The monoisotopic (exact) mass is 292 g/mol. The maximum absolute atomic E-state index is 12.2. The van der Waals surface area contributed by atoms with Crippen molar-refractivity contribution in [1.29, 1.82) is 0 Å². The summed E-state index contributed by atoms with van der Waals surface area (Å²) in [5, 5.41) is 0. The van der Waals surface area contributed by atoms with Gasteiger partial charge < -0.3 is 14.0 Å². The maximum atomic E-state index is 12.2. The second-order valence-corrected chi connectivity index (χ2v) is 4.88. The minimum atomic E-state index is -0.452. The first-order valence-electron chi connectivity index (χ1n) is 6.53. The lowest BCUT2D eigenvalue weighted by Gasteiger charge is -2.24. The molecule has 1 aliphatic rings. The van der Waals surface area contributed by atoms with Crippen LogP contribution in [-0.2, 0) is 36.7 Å². The van der Waals surface area contributed by atoms with E-state index >= 15 is 0 Å². The molecule has 1 aliphatic heterocycles. The number of rotatable bonds is 3. The van der Waals surface area contributed by atoms with Gasteiger partial charge in [0.2, 0.25) is 0 Å². The van der Waals surface area contributed by atoms with Gasteiger partial charge in [0.15, 0.2) is 11.8 Å². The molecule has 0 saturated carbocycles. The maximum Gasteiger partial charge on any atom is 0.332 e. The van der Waals surface area contributed by atoms with Crippen molar-refractivity contribution >= 4 is 11.2 Å². The predicted octanol–water partition coefficient (Wildman–Crippen LogP) is -0.507. The van der Waals surface area contributed by atoms with Gasteiger partial charge in [-0.2, -0.15) is 0 Å². The van der Waals surface area contributed by atoms with Gasteiger partial charge in [0, 0.05) is 14.1 Å². The Hall–Kier alpha value is -2.19. The van der Waals surface area contributed by atoms with E-state index < -0.39 is 11.8 Å². The van der Waals surface area contributed by atoms with Crippen molar-refractivity contribution in [1.82, 2.24) is 18.7 Å². The molecule has 0 aliphatic carbocycles. The van der Waals surface area contributed by atoms with Crippen molar-refractivity contribution < 1.29 is 9.47 Å². The Balaban J connectivity index is 2.17. The number of aromatic nitrogens is 4. The number of hydrogen-bond acceptors (Lipinski definition) is 5. The smallest absolute Gasteiger partial charge is 0.332 e. The van der Waals surface area contributed by atoms with Crippen LogP contribution >= 0.6 is 0 Å². The molecule has 3 heterocycles. The normalized spacial score (nSPS) is 17.9. The van der Waals surface area contributed by atoms with E-state index in [9.17, 15) is 9.59 Å². The van der Waals surface area contributed by atoms with Crippen molar-refractivity contribution in [3.05, 3.63) is 39.3 Å². The molecule has 112 valence electrons. The van der Waals surface area contributed by atoms with E-state index in [1.807, 2.05) is 0 Å². The van der Waals surface area contributed by atoms with Crippen LogP contribution in [0.2, 0.25) is 0 Å². The second-order valence-electron chi connectivity index (χ2n) is 4.88. The van der Waals surface area contributed by atoms with E-state index in [1.165, 1.54) is 11.6 Å². The van der Waals surface area contributed by atoms with E-state index in [-0.39, 0.29) is 17.8 Å². The van der Waals surface area contributed by atoms with Crippen molar-refractivity contribution in [2.24, 2.45) is 14.1 Å². The standard InChI is InChI=1S/C13H16N4O4/c1-4-5-20-9-6-17-8(7-21-9)14-10-11(17)15(2)13(19)16(3)12(10)18/h4,9H,1,5-7H2,2-3H3/t9-/m1/s1. The summed E-state index contributed by atoms with van der Waals surface area (Å²) in [6, 6.07) is 0. The molecule has 21 heavy (non-hydrogen) atoms. The summed E-state index contributed by atoms with van der Waals surface area (Å²) < 4.78 is 15.3. The first-order valence-corrected chi connectivity index (χ1v) is 6.53. The van der Waals surface area contributed by atoms with E-state index in [2.05, 4.69) is 11.6 Å². The molecular weight excluding hydrogens is 276 g/mol. The average molecular weight is 292 g/mol. The highest BCUT2D eigenvalue weighted by atomic mass is 16.7. The molecular formula is C13H16N4O4. The molecule has 0 N–H and O–H groups in total. The molecule has 0 unspecified atom stereocenters. The molecule has 8 heteroatoms. The number of hydrogen-bond donors (Lipinski definition) is 0. The van der Waals surface area contributed by atoms with Crippen molar-refractivity contribution in [2.45, 2.75) is 19.4 Å². The van der Waals surface area contributed by atoms with Gasteiger partial charge in [-0.05, 0) is 0 Å². The third kappa shape index (κ3) is 2.03. The molecule has 0 amide bonds. The van der Waals surface area contributed by atoms with Crippen molar-refractivity contribution in [3.8, 4) is 0 Å². The predicted molar refractivity (Wildman–Crippen MR) is 74.9 cm³/mol. The summed E-state index contributed by atoms with van der Waals surface area (Å²) in [7, 11) is 3.06. The molecule has 0 spiro atoms. The Morgan fingerprint density at radius 1 is 1.43 bits per heavy atom. The quantitative estimate of drug-likeness (QED) is 0.712. The fraction of sp³-hybridized carbons (Fsp3) is 0.462. The van der Waals surface area contributed by atoms with Crippen LogP contribution in [0.25, 0.3) is 11.2 Å². The van der Waals surface area contributed by atoms with Crippen LogP contribution in [0.5, 0.6) is 0 Å². The lowest BCUT2D eigenvalue weighted by Crippen LogP contribution is -2.38. The van der Waals surface area contributed by atoms with Crippen LogP contribution in [-0.4, -0.2) is 31.6 Å². The van der Waals surface area contributed by atoms with Crippen LogP contribution < -0.4 is 11.2 Å². The Morgan fingerprint density at radius 2 is 2.19 bits per heavy atom. The highest BCUT2D eigenvalue weighted by Crippen LogP contribution is 2.19. The minimum Gasteiger partial charge on any atom is -0.347 e. The van der Waals surface area contributed by atoms with Crippen molar-refractivity contribution in [3.63, 3.8) is 0 Å². The van der Waals surface area contributed by atoms with Gasteiger partial charge in [0.1, 0.15) is 18.1 Å². The first-order chi connectivity index (χ1) is 10.0. The van der Waals surface area contributed by atoms with E-state index in [0.717, 1.165) is 4.57 Å². The van der Waals surface area contributed by atoms with Crippen LogP contribution in [0, 0.1) is 0 Å². The van der Waals surface area contributed by atoms with Crippen molar-refractivity contribution in [2.75, 3.05) is 6.61 Å². The second kappa shape index (κ2) is 4.97. The highest BCUT2D eigenvalue weighted by molar-refractivity contribution is 5.71. The van der Waals surface area contributed by atoms with E-state index in [0.29, 0.717) is 24.6 Å². The number of imidazole rings is 1. The summed E-state index contributed by atoms with van der Waals surface area (Å²) in [5.41, 5.74) is -0.0278. The lowest BCUT2D eigenvalue weighted by molar-refractivity contribution is -0.163. The molecule has 0 aromatic carbocycles. The van der Waals surface area contributed by atoms with Crippen LogP contribution in [0.15, 0.2) is 22.2 Å². The molecule has 2 aromatic heterocycles. The summed E-state index contributed by atoms with van der Waals surface area (Å²) in [6.45, 7) is 4.56. The summed E-state index contributed by atoms with van der Waals surface area (Å²) in [4.78, 5) is 28.5. The fourth-order valence-electron chi connectivity index (χ4n) is 2.48. The number of fused-ring (bicyclic) bond motifs is 3. The van der Waals surface area contributed by atoms with Crippen LogP contribution in [0.1, 0.15) is 5.82 Å². The topological polar surface area (TPSA) is 80.3 Å². The van der Waals surface area contributed by atoms with Gasteiger partial charge in [0.05, 0.1) is 13.2 Å². The largest absolute Gasteiger partial charge is 0.347 e. The van der Waals surface area contributed by atoms with Gasteiger partial charge >= 0.3 is 5.69 Å². The van der Waals surface area contributed by atoms with E-state index in [4.69, 9.17) is 9.47 Å². The van der Waals surface area contributed by atoms with E-state index in [1.54, 1.807) is 17.7 Å². The highest BCUT2D eigenvalue weighted by Gasteiger charge is 2.26. The SMILES string of the molecule is C=CCO[C@H]1Cn2c(nc3c(=O)n(C)c(=O)n(C)c32)CO1. The van der Waals surface area contributed by atoms with Gasteiger partial charge in [-0.3, -0.25) is 13.9 Å². The average Bonchev–Trinajstić information content (AvgIpc) is 2.87. The summed E-state index contributed by atoms with van der Waals surface area (Å²) in [6.07, 6.45) is 1.18. The lowest BCUT2D eigenvalue weighted by atomic mass is 10.4. The third-order valence-corrected chi connectivity index (χ3v) is 3.55. The Bertz CT molecular complexity index is 829. The molecule has 0 radical (unpaired) electrons. The molecule has 1 atom stereocenters. The number of aryl methyl sites for hydroxylation is 1. The molecule has 0 saturated heterocycles. The number of ether oxygens (including phenoxy) is 2. The molecule has 0 fully saturated rings. The fourth-order valence-corrected chi connectivity index (χ4v) is 2.48. The summed E-state index contributed by atoms with van der Waals surface area (Å²) in [5.74, 6) is 0.613. The molecule has 3 rings (SSSR count). The third-order valence-electron chi connectivity index (χ3n) is 3.55. The van der Waals surface area contributed by atoms with Gasteiger partial charge in [-0.1, -0.05) is 6.08 Å². The molecule has 0 bridgehead atoms. The zero-order valence-corrected chi connectivity index (χ0v) is 11.9. The zero-order valence-electron chi connectivity index (χ0n) is 11.9. The summed E-state index contributed by atoms with van der Waals surface area (Å²) >= 11 is 0. The zero-order chi connectivity index (χ0) is 15.1. The molecule has 8 nitrogen and oxygen atoms in total. The molecule has 2 aromatic rings. The minimum absolute atomic E-state index is 0.230. The van der Waals surface area contributed by atoms with Crippen LogP contribution in [0.3, 0.4) is 0 Å². The van der Waals surface area contributed by atoms with Gasteiger partial charge in [0.25, 0.3) is 5.56 Å². The Kier molecular flexibility index (Phi) is 3.26. The first kappa shape index (κ1) is 13.8. The van der Waals surface area contributed by atoms with Crippen LogP contribution in [0.4, 0.5) is 0 Å². The van der Waals surface area contributed by atoms with Gasteiger partial charge in [-0.25, -0.2) is 9.78 Å². The Morgan fingerprint density at radius 3 is 2.90 bits per heavy atom.